The topological polar surface area (TPSA) is 82.8 Å². The molecule has 26 heavy (non-hydrogen) atoms. The van der Waals surface area contributed by atoms with Gasteiger partial charge in [0.05, 0.1) is 11.3 Å². The van der Waals surface area contributed by atoms with Crippen molar-refractivity contribution < 1.29 is 39.9 Å². The summed E-state index contributed by atoms with van der Waals surface area (Å²) < 4.78 is 93.9. The molecule has 13 heteroatoms. The Hall–Kier alpha value is -1.92. The molecule has 148 valence electrons. The maximum atomic E-state index is 13.1. The van der Waals surface area contributed by atoms with Crippen LogP contribution >= 0.6 is 0 Å². The second kappa shape index (κ2) is 6.67. The molecule has 0 aliphatic carbocycles. The average Bonchev–Trinajstić information content (AvgIpc) is 3.03. The third-order valence-electron chi connectivity index (χ3n) is 3.89. The monoisotopic (exact) mass is 405 g/mol. The lowest BCUT2D eigenvalue weighted by molar-refractivity contribution is -0.142. The molecule has 0 spiro atoms. The summed E-state index contributed by atoms with van der Waals surface area (Å²) in [6.45, 7) is -0.138. The summed E-state index contributed by atoms with van der Waals surface area (Å²) in [5.41, 5.74) is -3.52. The smallest absolute Gasteiger partial charge is 0.417 e. The molecule has 0 aromatic carbocycles. The van der Waals surface area contributed by atoms with Crippen LogP contribution < -0.4 is 4.74 Å². The lowest BCUT2D eigenvalue weighted by atomic mass is 10.0. The molecule has 1 aliphatic heterocycles. The van der Waals surface area contributed by atoms with Gasteiger partial charge in [-0.15, -0.1) is 0 Å². The number of halogens is 5. The summed E-state index contributed by atoms with van der Waals surface area (Å²) >= 11 is 0. The summed E-state index contributed by atoms with van der Waals surface area (Å²) in [6.07, 6.45) is -4.79. The van der Waals surface area contributed by atoms with E-state index in [0.717, 1.165) is 7.05 Å². The largest absolute Gasteiger partial charge is 0.435 e. The molecule has 0 bridgehead atoms. The van der Waals surface area contributed by atoms with Gasteiger partial charge in [0.25, 0.3) is 0 Å². The van der Waals surface area contributed by atoms with Gasteiger partial charge in [0.15, 0.2) is 20.6 Å². The third-order valence-corrected chi connectivity index (χ3v) is 5.50. The Labute approximate surface area is 145 Å². The van der Waals surface area contributed by atoms with Gasteiger partial charge in [0.1, 0.15) is 5.60 Å². The normalized spacial score (nSPS) is 21.0. The highest BCUT2D eigenvalue weighted by atomic mass is 32.2. The first-order valence-electron chi connectivity index (χ1n) is 7.35. The molecule has 0 radical (unpaired) electrons. The van der Waals surface area contributed by atoms with Crippen LogP contribution in [0.25, 0.3) is 0 Å². The van der Waals surface area contributed by atoms with Crippen molar-refractivity contribution in [3.05, 3.63) is 11.3 Å². The minimum atomic E-state index is -5.06. The Balaban J connectivity index is 2.44. The predicted octanol–water partition coefficient (Wildman–Crippen LogP) is 2.86. The second-order valence-electron chi connectivity index (χ2n) is 5.95. The van der Waals surface area contributed by atoms with E-state index in [-0.39, 0.29) is 6.42 Å². The number of aryl methyl sites for hydroxylation is 1. The van der Waals surface area contributed by atoms with E-state index in [1.54, 1.807) is 13.8 Å². The summed E-state index contributed by atoms with van der Waals surface area (Å²) in [5, 5.41) is 6.08. The molecule has 0 saturated carbocycles. The van der Waals surface area contributed by atoms with Gasteiger partial charge >= 0.3 is 12.8 Å². The first-order valence-corrected chi connectivity index (χ1v) is 9.00. The summed E-state index contributed by atoms with van der Waals surface area (Å²) in [7, 11) is -3.44. The number of alkyl halides is 5. The molecule has 1 atom stereocenters. The first kappa shape index (κ1) is 20.4. The minimum absolute atomic E-state index is 0.140. The molecule has 0 fully saturated rings. The fourth-order valence-corrected chi connectivity index (χ4v) is 3.80. The average molecular weight is 405 g/mol. The van der Waals surface area contributed by atoms with Gasteiger partial charge in [-0.1, -0.05) is 12.1 Å². The molecule has 1 aliphatic rings. The minimum Gasteiger partial charge on any atom is -0.417 e. The number of hydrogen-bond acceptors (Lipinski definition) is 6. The molecule has 2 rings (SSSR count). The highest BCUT2D eigenvalue weighted by Crippen LogP contribution is 2.38. The Morgan fingerprint density at radius 2 is 2.00 bits per heavy atom. The van der Waals surface area contributed by atoms with Crippen LogP contribution in [0.1, 0.15) is 37.9 Å². The van der Waals surface area contributed by atoms with Crippen molar-refractivity contribution in [1.29, 1.82) is 0 Å². The van der Waals surface area contributed by atoms with Crippen LogP contribution in [0, 0.1) is 0 Å². The zero-order valence-corrected chi connectivity index (χ0v) is 14.8. The van der Waals surface area contributed by atoms with E-state index in [1.807, 2.05) is 0 Å². The lowest BCUT2D eigenvalue weighted by Crippen LogP contribution is -2.26. The molecule has 0 amide bonds. The maximum Gasteiger partial charge on any atom is 0.435 e. The fourth-order valence-electron chi connectivity index (χ4n) is 2.32. The number of aromatic nitrogens is 2. The van der Waals surface area contributed by atoms with Crippen molar-refractivity contribution >= 4 is 14.9 Å². The zero-order chi connectivity index (χ0) is 19.9. The summed E-state index contributed by atoms with van der Waals surface area (Å²) in [4.78, 5) is 5.04. The predicted molar refractivity (Wildman–Crippen MR) is 79.3 cm³/mol. The van der Waals surface area contributed by atoms with Crippen LogP contribution in [0.5, 0.6) is 5.88 Å². The van der Waals surface area contributed by atoms with E-state index in [9.17, 15) is 30.4 Å². The van der Waals surface area contributed by atoms with E-state index < -0.39 is 56.2 Å². The molecule has 1 unspecified atom stereocenters. The highest BCUT2D eigenvalue weighted by Gasteiger charge is 2.44. The van der Waals surface area contributed by atoms with Crippen molar-refractivity contribution in [3.8, 4) is 5.88 Å². The van der Waals surface area contributed by atoms with Gasteiger partial charge in [-0.25, -0.2) is 13.1 Å². The van der Waals surface area contributed by atoms with E-state index in [0.29, 0.717) is 11.1 Å². The Morgan fingerprint density at radius 1 is 1.38 bits per heavy atom. The Bertz CT molecular complexity index is 818. The van der Waals surface area contributed by atoms with Crippen molar-refractivity contribution in [2.45, 2.75) is 50.8 Å². The highest BCUT2D eigenvalue weighted by molar-refractivity contribution is 8.05. The van der Waals surface area contributed by atoms with Crippen LogP contribution in [0.4, 0.5) is 22.0 Å². The van der Waals surface area contributed by atoms with Crippen LogP contribution in [-0.4, -0.2) is 35.5 Å². The van der Waals surface area contributed by atoms with Crippen molar-refractivity contribution in [3.63, 3.8) is 0 Å². The summed E-state index contributed by atoms with van der Waals surface area (Å²) in [6, 6.07) is 0. The molecular weight excluding hydrogens is 389 g/mol. The number of nitrogens with zero attached hydrogens (tertiary/aromatic N) is 3. The molecule has 1 aromatic heterocycles. The molecule has 7 nitrogen and oxygen atoms in total. The van der Waals surface area contributed by atoms with Gasteiger partial charge in [0.2, 0.25) is 5.88 Å². The molecule has 1 aromatic rings. The van der Waals surface area contributed by atoms with Crippen molar-refractivity contribution in [2.75, 3.05) is 0 Å². The van der Waals surface area contributed by atoms with E-state index in [1.165, 1.54) is 0 Å². The van der Waals surface area contributed by atoms with Gasteiger partial charge in [-0.2, -0.15) is 27.1 Å². The molecule has 0 saturated heterocycles. The van der Waals surface area contributed by atoms with E-state index in [4.69, 9.17) is 4.84 Å². The first-order chi connectivity index (χ1) is 11.8. The van der Waals surface area contributed by atoms with Crippen LogP contribution in [0.15, 0.2) is 5.16 Å². The van der Waals surface area contributed by atoms with Crippen LogP contribution in [0.2, 0.25) is 0 Å². The number of rotatable bonds is 5. The molecule has 2 heterocycles. The lowest BCUT2D eigenvalue weighted by Gasteiger charge is -2.18. The van der Waals surface area contributed by atoms with Crippen molar-refractivity contribution in [2.24, 2.45) is 12.2 Å². The number of hydrogen-bond donors (Lipinski definition) is 0. The van der Waals surface area contributed by atoms with Gasteiger partial charge < -0.3 is 9.57 Å². The fraction of sp³-hybridized carbons (Fsp3) is 0.692. The molecular formula is C13H16F5N3O4S. The SMILES string of the molecule is CCC1(C)CC(S(=O)(=O)Cc2c(C(F)(F)F)nn(C)c2OC(F)F)=NO1. The van der Waals surface area contributed by atoms with Gasteiger partial charge in [0, 0.05) is 13.5 Å². The quantitative estimate of drug-likeness (QED) is 0.704. The van der Waals surface area contributed by atoms with E-state index in [2.05, 4.69) is 15.0 Å². The van der Waals surface area contributed by atoms with Crippen LogP contribution in [0.3, 0.4) is 0 Å². The number of oxime groups is 1. The van der Waals surface area contributed by atoms with Gasteiger partial charge in [-0.3, -0.25) is 0 Å². The third kappa shape index (κ3) is 4.07. The zero-order valence-electron chi connectivity index (χ0n) is 14.0. The molecule has 0 N–H and O–H groups in total. The maximum absolute atomic E-state index is 13.1. The number of sulfone groups is 1. The van der Waals surface area contributed by atoms with Crippen molar-refractivity contribution in [1.82, 2.24) is 9.78 Å². The number of ether oxygens (including phenoxy) is 1. The second-order valence-corrected chi connectivity index (χ2v) is 7.94. The van der Waals surface area contributed by atoms with E-state index >= 15 is 0 Å². The Morgan fingerprint density at radius 3 is 2.46 bits per heavy atom. The Kier molecular flexibility index (Phi) is 5.23. The standard InChI is InChI=1S/C13H16F5N3O4S/c1-4-12(2)5-8(20-25-12)26(22,23)6-7-9(13(16,17)18)19-21(3)10(7)24-11(14)15/h11H,4-6H2,1-3H3. The van der Waals surface area contributed by atoms with Gasteiger partial charge in [-0.05, 0) is 13.3 Å². The van der Waals surface area contributed by atoms with Crippen LogP contribution in [-0.2, 0) is 33.7 Å². The summed E-state index contributed by atoms with van der Waals surface area (Å²) in [5.74, 6) is -2.23.